The number of aryl methyl sites for hydroxylation is 2. The van der Waals surface area contributed by atoms with Crippen molar-refractivity contribution in [3.63, 3.8) is 0 Å². The smallest absolute Gasteiger partial charge is 0.349 e. The van der Waals surface area contributed by atoms with Crippen LogP contribution in [0.4, 0.5) is 0 Å². The lowest BCUT2D eigenvalue weighted by atomic mass is 10.2. The van der Waals surface area contributed by atoms with Crippen molar-refractivity contribution in [3.8, 4) is 0 Å². The number of primary amides is 1. The number of hydrogen-bond donors (Lipinski definition) is 1. The van der Waals surface area contributed by atoms with Gasteiger partial charge in [0, 0.05) is 4.88 Å². The second-order valence-electron chi connectivity index (χ2n) is 3.52. The number of ether oxygens (including phenoxy) is 1. The van der Waals surface area contributed by atoms with E-state index in [1.807, 2.05) is 13.8 Å². The van der Waals surface area contributed by atoms with Crippen molar-refractivity contribution in [2.45, 2.75) is 33.3 Å². The third kappa shape index (κ3) is 2.82. The molecule has 1 rings (SSSR count). The Bertz CT molecular complexity index is 411. The van der Waals surface area contributed by atoms with Crippen molar-refractivity contribution in [2.24, 2.45) is 5.73 Å². The quantitative estimate of drug-likeness (QED) is 0.815. The van der Waals surface area contributed by atoms with E-state index in [1.165, 1.54) is 18.3 Å². The number of esters is 1. The van der Waals surface area contributed by atoms with Crippen LogP contribution in [0.3, 0.4) is 0 Å². The van der Waals surface area contributed by atoms with E-state index in [2.05, 4.69) is 0 Å². The number of nitrogens with two attached hydrogens (primary N) is 1. The summed E-state index contributed by atoms with van der Waals surface area (Å²) in [7, 11) is 0. The first-order valence-corrected chi connectivity index (χ1v) is 5.87. The molecule has 1 aromatic heterocycles. The van der Waals surface area contributed by atoms with E-state index in [-0.39, 0.29) is 0 Å². The van der Waals surface area contributed by atoms with Gasteiger partial charge in [-0.15, -0.1) is 11.3 Å². The van der Waals surface area contributed by atoms with Crippen molar-refractivity contribution < 1.29 is 14.3 Å². The summed E-state index contributed by atoms with van der Waals surface area (Å²) in [6.45, 7) is 5.44. The summed E-state index contributed by atoms with van der Waals surface area (Å²) in [5.41, 5.74) is 6.09. The largest absolute Gasteiger partial charge is 0.448 e. The van der Waals surface area contributed by atoms with Gasteiger partial charge in [0.05, 0.1) is 0 Å². The van der Waals surface area contributed by atoms with Crippen LogP contribution < -0.4 is 5.73 Å². The van der Waals surface area contributed by atoms with Crippen LogP contribution in [0, 0.1) is 6.92 Å². The highest BCUT2D eigenvalue weighted by Gasteiger charge is 2.18. The van der Waals surface area contributed by atoms with Crippen LogP contribution in [0.1, 0.15) is 34.0 Å². The Labute approximate surface area is 98.4 Å². The lowest BCUT2D eigenvalue weighted by Gasteiger charge is -2.07. The molecule has 0 spiro atoms. The molecule has 0 saturated heterocycles. The van der Waals surface area contributed by atoms with Crippen LogP contribution in [0.25, 0.3) is 0 Å². The average Bonchev–Trinajstić information content (AvgIpc) is 2.59. The van der Waals surface area contributed by atoms with E-state index < -0.39 is 18.0 Å². The Hall–Kier alpha value is -1.36. The molecule has 88 valence electrons. The number of amides is 1. The van der Waals surface area contributed by atoms with Crippen molar-refractivity contribution in [1.82, 2.24) is 0 Å². The lowest BCUT2D eigenvalue weighted by molar-refractivity contribution is -0.125. The van der Waals surface area contributed by atoms with E-state index in [0.717, 1.165) is 16.9 Å². The first-order valence-electron chi connectivity index (χ1n) is 5.05. The van der Waals surface area contributed by atoms with Crippen LogP contribution >= 0.6 is 11.3 Å². The van der Waals surface area contributed by atoms with Gasteiger partial charge in [-0.1, -0.05) is 6.92 Å². The molecule has 0 saturated carbocycles. The third-order valence-electron chi connectivity index (χ3n) is 2.23. The standard InChI is InChI=1S/C11H15NO3S/c1-4-8-6(2)5-9(16-8)11(14)15-7(3)10(12)13/h5,7H,4H2,1-3H3,(H2,12,13)/t7-/m0/s1. The van der Waals surface area contributed by atoms with E-state index in [4.69, 9.17) is 10.5 Å². The number of thiophene rings is 1. The van der Waals surface area contributed by atoms with Crippen LogP contribution in [0.15, 0.2) is 6.07 Å². The molecule has 0 fully saturated rings. The van der Waals surface area contributed by atoms with Gasteiger partial charge in [-0.3, -0.25) is 4.79 Å². The van der Waals surface area contributed by atoms with Gasteiger partial charge in [0.2, 0.25) is 0 Å². The molecule has 0 aliphatic rings. The second kappa shape index (κ2) is 5.12. The zero-order chi connectivity index (χ0) is 12.3. The molecule has 1 atom stereocenters. The summed E-state index contributed by atoms with van der Waals surface area (Å²) >= 11 is 1.39. The molecule has 16 heavy (non-hydrogen) atoms. The molecule has 4 nitrogen and oxygen atoms in total. The topological polar surface area (TPSA) is 69.4 Å². The molecule has 1 heterocycles. The third-order valence-corrected chi connectivity index (χ3v) is 3.59. The Morgan fingerprint density at radius 3 is 2.62 bits per heavy atom. The van der Waals surface area contributed by atoms with Gasteiger partial charge in [0.1, 0.15) is 4.88 Å². The van der Waals surface area contributed by atoms with Gasteiger partial charge in [0.25, 0.3) is 5.91 Å². The fourth-order valence-corrected chi connectivity index (χ4v) is 2.24. The molecule has 2 N–H and O–H groups in total. The zero-order valence-corrected chi connectivity index (χ0v) is 10.4. The minimum atomic E-state index is -0.889. The Balaban J connectivity index is 2.77. The van der Waals surface area contributed by atoms with Crippen LogP contribution in [0.5, 0.6) is 0 Å². The minimum Gasteiger partial charge on any atom is -0.448 e. The lowest BCUT2D eigenvalue weighted by Crippen LogP contribution is -2.30. The Morgan fingerprint density at radius 1 is 1.56 bits per heavy atom. The van der Waals surface area contributed by atoms with E-state index in [0.29, 0.717) is 4.88 Å². The Morgan fingerprint density at radius 2 is 2.19 bits per heavy atom. The maximum absolute atomic E-state index is 11.6. The summed E-state index contributed by atoms with van der Waals surface area (Å²) in [6.07, 6.45) is -0.00482. The summed E-state index contributed by atoms with van der Waals surface area (Å²) in [5, 5.41) is 0. The second-order valence-corrected chi connectivity index (χ2v) is 4.66. The van der Waals surface area contributed by atoms with Crippen LogP contribution in [-0.4, -0.2) is 18.0 Å². The van der Waals surface area contributed by atoms with Crippen LogP contribution in [-0.2, 0) is 16.0 Å². The highest BCUT2D eigenvalue weighted by Crippen LogP contribution is 2.23. The van der Waals surface area contributed by atoms with Gasteiger partial charge < -0.3 is 10.5 Å². The van der Waals surface area contributed by atoms with Crippen molar-refractivity contribution in [3.05, 3.63) is 21.4 Å². The molecule has 0 aromatic carbocycles. The summed E-state index contributed by atoms with van der Waals surface area (Å²) in [5.74, 6) is -1.13. The molecular weight excluding hydrogens is 226 g/mol. The SMILES string of the molecule is CCc1sc(C(=O)O[C@@H](C)C(N)=O)cc1C. The number of carbonyl (C=O) groups is 2. The maximum Gasteiger partial charge on any atom is 0.349 e. The van der Waals surface area contributed by atoms with Crippen molar-refractivity contribution in [1.29, 1.82) is 0 Å². The van der Waals surface area contributed by atoms with Crippen LogP contribution in [0.2, 0.25) is 0 Å². The molecule has 0 bridgehead atoms. The molecule has 0 aliphatic carbocycles. The van der Waals surface area contributed by atoms with Gasteiger partial charge in [-0.2, -0.15) is 0 Å². The number of rotatable bonds is 4. The predicted octanol–water partition coefficient (Wildman–Crippen LogP) is 1.65. The first kappa shape index (κ1) is 12.7. The number of hydrogen-bond acceptors (Lipinski definition) is 4. The Kier molecular flexibility index (Phi) is 4.06. The number of carbonyl (C=O) groups excluding carboxylic acids is 2. The van der Waals surface area contributed by atoms with Gasteiger partial charge in [-0.25, -0.2) is 4.79 Å². The highest BCUT2D eigenvalue weighted by molar-refractivity contribution is 7.14. The van der Waals surface area contributed by atoms with Gasteiger partial charge >= 0.3 is 5.97 Å². The monoisotopic (exact) mass is 241 g/mol. The zero-order valence-electron chi connectivity index (χ0n) is 9.57. The fraction of sp³-hybridized carbons (Fsp3) is 0.455. The molecule has 1 amide bonds. The van der Waals surface area contributed by atoms with E-state index >= 15 is 0 Å². The van der Waals surface area contributed by atoms with E-state index in [9.17, 15) is 9.59 Å². The normalized spacial score (nSPS) is 12.2. The van der Waals surface area contributed by atoms with E-state index in [1.54, 1.807) is 6.07 Å². The predicted molar refractivity (Wildman–Crippen MR) is 62.5 cm³/mol. The molecule has 0 unspecified atom stereocenters. The van der Waals surface area contributed by atoms with Gasteiger partial charge in [-0.05, 0) is 31.9 Å². The van der Waals surface area contributed by atoms with Crippen molar-refractivity contribution >= 4 is 23.2 Å². The average molecular weight is 241 g/mol. The fourth-order valence-electron chi connectivity index (χ4n) is 1.25. The minimum absolute atomic E-state index is 0.487. The van der Waals surface area contributed by atoms with Crippen molar-refractivity contribution in [2.75, 3.05) is 0 Å². The summed E-state index contributed by atoms with van der Waals surface area (Å²) in [4.78, 5) is 24.0. The highest BCUT2D eigenvalue weighted by atomic mass is 32.1. The maximum atomic E-state index is 11.6. The summed E-state index contributed by atoms with van der Waals surface area (Å²) < 4.78 is 4.91. The molecule has 1 aromatic rings. The summed E-state index contributed by atoms with van der Waals surface area (Å²) in [6, 6.07) is 1.78. The molecule has 5 heteroatoms. The van der Waals surface area contributed by atoms with Gasteiger partial charge in [0.15, 0.2) is 6.10 Å². The molecular formula is C11H15NO3S. The molecule has 0 aliphatic heterocycles. The first-order chi connectivity index (χ1) is 7.45. The molecule has 0 radical (unpaired) electrons.